The molecule has 0 unspecified atom stereocenters. The van der Waals surface area contributed by atoms with E-state index in [9.17, 15) is 31.1 Å². The zero-order chi connectivity index (χ0) is 23.7. The summed E-state index contributed by atoms with van der Waals surface area (Å²) in [7, 11) is 0. The summed E-state index contributed by atoms with van der Waals surface area (Å²) in [5.41, 5.74) is -1.88. The number of likely N-dealkylation sites (tertiary alicyclic amines) is 1. The minimum absolute atomic E-state index is 0.253. The van der Waals surface area contributed by atoms with Gasteiger partial charge in [-0.2, -0.15) is 26.3 Å². The van der Waals surface area contributed by atoms with Gasteiger partial charge in [-0.15, -0.1) is 0 Å². The predicted octanol–water partition coefficient (Wildman–Crippen LogP) is 5.25. The number of ether oxygens (including phenoxy) is 1. The molecule has 0 radical (unpaired) electrons. The lowest BCUT2D eigenvalue weighted by atomic mass is 10.0. The van der Waals surface area contributed by atoms with Gasteiger partial charge >= 0.3 is 18.3 Å². The number of nitrogens with zero attached hydrogens (tertiary/aromatic N) is 1. The molecule has 1 fully saturated rings. The molecular formula is C22H21F6NO3. The monoisotopic (exact) mass is 461 g/mol. The van der Waals surface area contributed by atoms with E-state index in [1.165, 1.54) is 0 Å². The van der Waals surface area contributed by atoms with E-state index in [2.05, 4.69) is 0 Å². The molecular weight excluding hydrogens is 440 g/mol. The van der Waals surface area contributed by atoms with Crippen LogP contribution in [0.25, 0.3) is 0 Å². The Morgan fingerprint density at radius 1 is 1.09 bits per heavy atom. The summed E-state index contributed by atoms with van der Waals surface area (Å²) in [6.07, 6.45) is -9.50. The van der Waals surface area contributed by atoms with Crippen molar-refractivity contribution in [1.29, 1.82) is 0 Å². The first-order valence-electron chi connectivity index (χ1n) is 9.81. The fourth-order valence-electron chi connectivity index (χ4n) is 3.52. The first kappa shape index (κ1) is 23.9. The van der Waals surface area contributed by atoms with Crippen molar-refractivity contribution >= 4 is 5.97 Å². The maximum absolute atomic E-state index is 13.2. The Kier molecular flexibility index (Phi) is 6.73. The van der Waals surface area contributed by atoms with Crippen molar-refractivity contribution < 1.29 is 41.0 Å². The summed E-state index contributed by atoms with van der Waals surface area (Å²) in [6, 6.07) is 8.33. The van der Waals surface area contributed by atoms with Crippen molar-refractivity contribution in [3.63, 3.8) is 0 Å². The van der Waals surface area contributed by atoms with Gasteiger partial charge in [-0.05, 0) is 47.9 Å². The van der Waals surface area contributed by atoms with Crippen LogP contribution in [0.4, 0.5) is 26.3 Å². The zero-order valence-corrected chi connectivity index (χ0v) is 17.0. The topological polar surface area (TPSA) is 49.8 Å². The summed E-state index contributed by atoms with van der Waals surface area (Å²) in [5, 5.41) is 9.02. The smallest absolute Gasteiger partial charge is 0.416 e. The van der Waals surface area contributed by atoms with Gasteiger partial charge in [-0.1, -0.05) is 19.1 Å². The van der Waals surface area contributed by atoms with E-state index in [1.807, 2.05) is 0 Å². The number of carboxylic acid groups (broad SMARTS) is 1. The fraction of sp³-hybridized carbons (Fsp3) is 0.409. The second-order valence-electron chi connectivity index (χ2n) is 7.89. The van der Waals surface area contributed by atoms with Crippen molar-refractivity contribution in [2.75, 3.05) is 13.1 Å². The minimum Gasteiger partial charge on any atom is -0.488 e. The van der Waals surface area contributed by atoms with Crippen LogP contribution in [0.2, 0.25) is 0 Å². The van der Waals surface area contributed by atoms with E-state index >= 15 is 0 Å². The van der Waals surface area contributed by atoms with Crippen LogP contribution >= 0.6 is 0 Å². The molecule has 0 spiro atoms. The molecule has 1 aliphatic heterocycles. The lowest BCUT2D eigenvalue weighted by molar-refractivity contribution is -0.142. The summed E-state index contributed by atoms with van der Waals surface area (Å²) in [6.45, 7) is 1.81. The Morgan fingerprint density at radius 2 is 1.78 bits per heavy atom. The van der Waals surface area contributed by atoms with Crippen LogP contribution in [0.1, 0.15) is 29.2 Å². The Balaban J connectivity index is 1.63. The first-order chi connectivity index (χ1) is 14.8. The zero-order valence-electron chi connectivity index (χ0n) is 17.0. The predicted molar refractivity (Wildman–Crippen MR) is 103 cm³/mol. The number of hydrogen-bond acceptors (Lipinski definition) is 3. The van der Waals surface area contributed by atoms with Crippen LogP contribution in [0.5, 0.6) is 5.75 Å². The second kappa shape index (κ2) is 9.01. The van der Waals surface area contributed by atoms with E-state index in [1.54, 1.807) is 36.1 Å². The molecule has 0 saturated carbocycles. The van der Waals surface area contributed by atoms with Crippen LogP contribution in [-0.2, 0) is 30.1 Å². The molecule has 1 heterocycles. The largest absolute Gasteiger partial charge is 0.488 e. The number of alkyl halides is 6. The van der Waals surface area contributed by atoms with Gasteiger partial charge in [0, 0.05) is 19.6 Å². The highest BCUT2D eigenvalue weighted by atomic mass is 19.4. The average Bonchev–Trinajstić information content (AvgIpc) is 2.65. The number of aliphatic carboxylic acids is 1. The van der Waals surface area contributed by atoms with E-state index in [0.717, 1.165) is 5.56 Å². The number of benzene rings is 2. The van der Waals surface area contributed by atoms with Gasteiger partial charge in [0.05, 0.1) is 17.0 Å². The fourth-order valence-corrected chi connectivity index (χ4v) is 3.52. The molecule has 0 aliphatic carbocycles. The molecule has 2 aromatic carbocycles. The molecule has 0 amide bonds. The molecule has 1 saturated heterocycles. The van der Waals surface area contributed by atoms with Gasteiger partial charge in [-0.25, -0.2) is 0 Å². The summed E-state index contributed by atoms with van der Waals surface area (Å²) in [4.78, 5) is 12.6. The van der Waals surface area contributed by atoms with E-state index in [0.29, 0.717) is 30.4 Å². The lowest BCUT2D eigenvalue weighted by Crippen LogP contribution is -2.53. The van der Waals surface area contributed by atoms with Crippen LogP contribution < -0.4 is 4.74 Å². The molecule has 174 valence electrons. The Hall–Kier alpha value is -2.75. The van der Waals surface area contributed by atoms with Crippen LogP contribution in [0, 0.1) is 5.92 Å². The molecule has 3 rings (SSSR count). The van der Waals surface area contributed by atoms with Gasteiger partial charge in [0.2, 0.25) is 0 Å². The van der Waals surface area contributed by atoms with E-state index in [4.69, 9.17) is 9.84 Å². The van der Waals surface area contributed by atoms with E-state index < -0.39 is 40.9 Å². The number of carboxylic acids is 1. The number of rotatable bonds is 7. The SMILES string of the molecule is C[C@@H](Cc1cccc(OC2CN(Cc3cc(C(F)(F)F)ccc3C(F)(F)F)C2)c1)C(=O)O. The molecule has 1 atom stereocenters. The maximum Gasteiger partial charge on any atom is 0.416 e. The molecule has 4 nitrogen and oxygen atoms in total. The van der Waals surface area contributed by atoms with Crippen LogP contribution in [-0.4, -0.2) is 35.2 Å². The van der Waals surface area contributed by atoms with Crippen molar-refractivity contribution in [2.45, 2.75) is 38.3 Å². The lowest BCUT2D eigenvalue weighted by Gasteiger charge is -2.39. The molecule has 0 bridgehead atoms. The van der Waals surface area contributed by atoms with Crippen molar-refractivity contribution in [3.05, 3.63) is 64.7 Å². The van der Waals surface area contributed by atoms with Crippen LogP contribution in [0.3, 0.4) is 0 Å². The highest BCUT2D eigenvalue weighted by Gasteiger charge is 2.38. The average molecular weight is 461 g/mol. The van der Waals surface area contributed by atoms with Gasteiger partial charge in [0.15, 0.2) is 0 Å². The first-order valence-corrected chi connectivity index (χ1v) is 9.81. The quantitative estimate of drug-likeness (QED) is 0.573. The molecule has 1 N–H and O–H groups in total. The Labute approximate surface area is 180 Å². The Morgan fingerprint density at radius 3 is 2.38 bits per heavy atom. The summed E-state index contributed by atoms with van der Waals surface area (Å²) < 4.78 is 84.3. The third-order valence-electron chi connectivity index (χ3n) is 5.22. The molecule has 0 aromatic heterocycles. The van der Waals surface area contributed by atoms with Crippen molar-refractivity contribution in [2.24, 2.45) is 5.92 Å². The maximum atomic E-state index is 13.2. The highest BCUT2D eigenvalue weighted by molar-refractivity contribution is 5.69. The summed E-state index contributed by atoms with van der Waals surface area (Å²) in [5.74, 6) is -0.988. The normalized spacial score (nSPS) is 16.5. The molecule has 32 heavy (non-hydrogen) atoms. The third kappa shape index (κ3) is 5.93. The van der Waals surface area contributed by atoms with Gasteiger partial charge in [0.1, 0.15) is 11.9 Å². The minimum atomic E-state index is -4.76. The molecule has 10 heteroatoms. The highest BCUT2D eigenvalue weighted by Crippen LogP contribution is 2.37. The van der Waals surface area contributed by atoms with Crippen molar-refractivity contribution in [3.8, 4) is 5.75 Å². The van der Waals surface area contributed by atoms with Gasteiger partial charge in [-0.3, -0.25) is 9.69 Å². The molecule has 2 aromatic rings. The van der Waals surface area contributed by atoms with Gasteiger partial charge < -0.3 is 9.84 Å². The Bertz CT molecular complexity index is 967. The molecule has 1 aliphatic rings. The second-order valence-corrected chi connectivity index (χ2v) is 7.89. The number of carbonyl (C=O) groups is 1. The van der Waals surface area contributed by atoms with E-state index in [-0.39, 0.29) is 25.7 Å². The summed E-state index contributed by atoms with van der Waals surface area (Å²) >= 11 is 0. The number of halogens is 6. The standard InChI is InChI=1S/C22H21F6NO3/c1-13(20(30)31)7-14-3-2-4-17(8-14)32-18-11-29(12-18)10-15-9-16(21(23,24)25)5-6-19(15)22(26,27)28/h2-6,8-9,13,18H,7,10-12H2,1H3,(H,30,31)/t13-/m0/s1. The van der Waals surface area contributed by atoms with Gasteiger partial charge in [0.25, 0.3) is 0 Å². The van der Waals surface area contributed by atoms with Crippen LogP contribution in [0.15, 0.2) is 42.5 Å². The number of hydrogen-bond donors (Lipinski definition) is 1. The van der Waals surface area contributed by atoms with Crippen molar-refractivity contribution in [1.82, 2.24) is 4.90 Å². The third-order valence-corrected chi connectivity index (χ3v) is 5.22.